The quantitative estimate of drug-likeness (QED) is 0.124. The molecule has 5 N–H and O–H groups in total. The van der Waals surface area contributed by atoms with Crippen molar-refractivity contribution in [1.82, 2.24) is 15.3 Å². The predicted molar refractivity (Wildman–Crippen MR) is 178 cm³/mol. The number of Topliss-reactive ketones (excluding diaryl/α,β-unsaturated/α-hetero) is 1. The number of ether oxygens (including phenoxy) is 2. The topological polar surface area (TPSA) is 166 Å². The van der Waals surface area contributed by atoms with Crippen molar-refractivity contribution in [3.8, 4) is 22.6 Å². The van der Waals surface area contributed by atoms with E-state index in [1.54, 1.807) is 57.5 Å². The number of aliphatic carboxylic acids is 1. The third-order valence-corrected chi connectivity index (χ3v) is 7.14. The number of nitrogen functional groups attached to an aromatic ring is 1. The van der Waals surface area contributed by atoms with Crippen molar-refractivity contribution in [3.63, 3.8) is 0 Å². The van der Waals surface area contributed by atoms with Gasteiger partial charge < -0.3 is 30.9 Å². The molecule has 0 aliphatic rings. The fourth-order valence-electron chi connectivity index (χ4n) is 4.58. The zero-order valence-corrected chi connectivity index (χ0v) is 26.6. The molecule has 0 saturated heterocycles. The fourth-order valence-corrected chi connectivity index (χ4v) is 4.58. The highest BCUT2D eigenvalue weighted by molar-refractivity contribution is 5.95. The number of hydrogen-bond acceptors (Lipinski definition) is 9. The van der Waals surface area contributed by atoms with E-state index in [1.165, 1.54) is 0 Å². The van der Waals surface area contributed by atoms with Crippen molar-refractivity contribution >= 4 is 40.3 Å². The molecule has 49 heavy (non-hydrogen) atoms. The van der Waals surface area contributed by atoms with Crippen molar-refractivity contribution in [2.45, 2.75) is 26.2 Å². The Balaban J connectivity index is 0.000000698. The number of fused-ring (bicyclic) bond motifs is 1. The van der Waals surface area contributed by atoms with Crippen molar-refractivity contribution < 1.29 is 42.1 Å². The number of nitrogens with two attached hydrogens (primary N) is 1. The number of amides is 1. The van der Waals surface area contributed by atoms with Crippen molar-refractivity contribution in [1.29, 1.82) is 0 Å². The summed E-state index contributed by atoms with van der Waals surface area (Å²) in [5, 5.41) is 14.0. The van der Waals surface area contributed by atoms with Gasteiger partial charge in [0.25, 0.3) is 5.91 Å². The first-order valence-electron chi connectivity index (χ1n) is 14.6. The monoisotopic (exact) mass is 675 g/mol. The summed E-state index contributed by atoms with van der Waals surface area (Å²) in [6, 6.07) is 26.2. The average Bonchev–Trinajstić information content (AvgIpc) is 3.09. The van der Waals surface area contributed by atoms with Gasteiger partial charge in [-0.3, -0.25) is 9.59 Å². The summed E-state index contributed by atoms with van der Waals surface area (Å²) in [7, 11) is 3.13. The number of methoxy groups -OCH3 is 2. The molecule has 5 aromatic rings. The van der Waals surface area contributed by atoms with E-state index in [-0.39, 0.29) is 11.7 Å². The number of carbonyl (C=O) groups is 3. The molecule has 1 heterocycles. The molecule has 0 saturated carbocycles. The Morgan fingerprint density at radius 3 is 1.86 bits per heavy atom. The van der Waals surface area contributed by atoms with E-state index in [9.17, 15) is 22.8 Å². The standard InChI is InChI=1S/C33H31N5O4.C2HF3O2/c1-20(39)23-7-9-24(10-8-23)25-11-13-26(14-12-25)32(40)35-18-21-5-4-6-22(15-21)19-36-33-37-28-17-30(42-3)29(41-2)16-27(28)31(34)38-33;3-2(4,5)1(6)7/h4-17H,18-19H2,1-3H3,(H,35,40)(H3,34,36,37,38);(H,6,7). The maximum atomic E-state index is 12.8. The van der Waals surface area contributed by atoms with E-state index in [4.69, 9.17) is 25.1 Å². The number of carbonyl (C=O) groups excluding carboxylic acids is 2. The summed E-state index contributed by atoms with van der Waals surface area (Å²) in [6.07, 6.45) is -5.08. The lowest BCUT2D eigenvalue weighted by molar-refractivity contribution is -0.192. The average molecular weight is 676 g/mol. The van der Waals surface area contributed by atoms with Gasteiger partial charge in [0.05, 0.1) is 19.7 Å². The third-order valence-electron chi connectivity index (χ3n) is 7.14. The molecule has 1 amide bonds. The summed E-state index contributed by atoms with van der Waals surface area (Å²) in [4.78, 5) is 42.2. The van der Waals surface area contributed by atoms with Crippen LogP contribution in [0.2, 0.25) is 0 Å². The van der Waals surface area contributed by atoms with E-state index >= 15 is 0 Å². The van der Waals surface area contributed by atoms with Crippen LogP contribution in [0.15, 0.2) is 84.9 Å². The second-order valence-electron chi connectivity index (χ2n) is 10.5. The summed E-state index contributed by atoms with van der Waals surface area (Å²) in [5.41, 5.74) is 12.0. The number of aromatic nitrogens is 2. The van der Waals surface area contributed by atoms with Crippen LogP contribution in [0.3, 0.4) is 0 Å². The normalized spacial score (nSPS) is 10.8. The van der Waals surface area contributed by atoms with Crippen LogP contribution in [0.1, 0.15) is 38.8 Å². The van der Waals surface area contributed by atoms with E-state index in [2.05, 4.69) is 20.6 Å². The van der Waals surface area contributed by atoms with E-state index < -0.39 is 12.1 Å². The number of rotatable bonds is 10. The van der Waals surface area contributed by atoms with Gasteiger partial charge in [-0.1, -0.05) is 60.7 Å². The number of nitrogens with zero attached hydrogens (tertiary/aromatic N) is 2. The second kappa shape index (κ2) is 15.6. The number of carboxylic acids is 1. The van der Waals surface area contributed by atoms with Crippen LogP contribution in [-0.4, -0.2) is 53.1 Å². The first-order chi connectivity index (χ1) is 23.3. The molecule has 1 aromatic heterocycles. The summed E-state index contributed by atoms with van der Waals surface area (Å²) in [6.45, 7) is 2.39. The van der Waals surface area contributed by atoms with Crippen LogP contribution < -0.4 is 25.8 Å². The highest BCUT2D eigenvalue weighted by atomic mass is 19.4. The van der Waals surface area contributed by atoms with Gasteiger partial charge in [-0.25, -0.2) is 9.78 Å². The minimum atomic E-state index is -5.08. The zero-order chi connectivity index (χ0) is 35.7. The largest absolute Gasteiger partial charge is 0.493 e. The molecule has 0 fully saturated rings. The minimum absolute atomic E-state index is 0.0301. The highest BCUT2D eigenvalue weighted by Gasteiger charge is 2.38. The second-order valence-corrected chi connectivity index (χ2v) is 10.5. The smallest absolute Gasteiger partial charge is 0.490 e. The SMILES string of the molecule is COc1cc2nc(NCc3cccc(CNC(=O)c4ccc(-c5ccc(C(C)=O)cc5)cc4)c3)nc(N)c2cc1OC.O=C(O)C(F)(F)F. The van der Waals surface area contributed by atoms with Gasteiger partial charge in [-0.15, -0.1) is 0 Å². The molecule has 11 nitrogen and oxygen atoms in total. The number of halogens is 3. The van der Waals surface area contributed by atoms with Crippen molar-refractivity contribution in [2.24, 2.45) is 0 Å². The zero-order valence-electron chi connectivity index (χ0n) is 26.6. The maximum absolute atomic E-state index is 12.8. The highest BCUT2D eigenvalue weighted by Crippen LogP contribution is 2.33. The van der Waals surface area contributed by atoms with Crippen molar-refractivity contribution in [2.75, 3.05) is 25.3 Å². The minimum Gasteiger partial charge on any atom is -0.493 e. The number of ketones is 1. The molecular weight excluding hydrogens is 643 g/mol. The lowest BCUT2D eigenvalue weighted by Gasteiger charge is -2.12. The Hall–Kier alpha value is -6.18. The van der Waals surface area contributed by atoms with E-state index in [0.717, 1.165) is 22.3 Å². The van der Waals surface area contributed by atoms with Gasteiger partial charge in [0.15, 0.2) is 17.3 Å². The first-order valence-corrected chi connectivity index (χ1v) is 14.6. The predicted octanol–water partition coefficient (Wildman–Crippen LogP) is 6.27. The molecule has 4 aromatic carbocycles. The van der Waals surface area contributed by atoms with E-state index in [1.807, 2.05) is 48.5 Å². The molecule has 0 aliphatic heterocycles. The maximum Gasteiger partial charge on any atom is 0.490 e. The first kappa shape index (κ1) is 35.7. The van der Waals surface area contributed by atoms with Crippen LogP contribution in [-0.2, 0) is 17.9 Å². The van der Waals surface area contributed by atoms with Crippen LogP contribution in [0, 0.1) is 0 Å². The van der Waals surface area contributed by atoms with Gasteiger partial charge in [0.1, 0.15) is 5.82 Å². The molecule has 0 bridgehead atoms. The number of hydrogen-bond donors (Lipinski definition) is 4. The fraction of sp³-hybridized carbons (Fsp3) is 0.171. The van der Waals surface area contributed by atoms with Crippen LogP contribution in [0.4, 0.5) is 24.9 Å². The number of carboxylic acid groups (broad SMARTS) is 1. The molecule has 0 unspecified atom stereocenters. The Morgan fingerprint density at radius 1 is 0.796 bits per heavy atom. The van der Waals surface area contributed by atoms with Gasteiger partial charge >= 0.3 is 12.1 Å². The molecule has 0 aliphatic carbocycles. The van der Waals surface area contributed by atoms with E-state index in [0.29, 0.717) is 58.4 Å². The van der Waals surface area contributed by atoms with Crippen LogP contribution in [0.5, 0.6) is 11.5 Å². The Bertz CT molecular complexity index is 1970. The van der Waals surface area contributed by atoms with Crippen LogP contribution in [0.25, 0.3) is 22.0 Å². The Kier molecular flexibility index (Phi) is 11.4. The lowest BCUT2D eigenvalue weighted by atomic mass is 10.0. The van der Waals surface area contributed by atoms with Crippen LogP contribution >= 0.6 is 0 Å². The summed E-state index contributed by atoms with van der Waals surface area (Å²) in [5.74, 6) is -1.05. The Morgan fingerprint density at radius 2 is 1.33 bits per heavy atom. The lowest BCUT2D eigenvalue weighted by Crippen LogP contribution is -2.22. The molecule has 0 spiro atoms. The number of anilines is 2. The van der Waals surface area contributed by atoms with Gasteiger partial charge in [-0.2, -0.15) is 18.2 Å². The van der Waals surface area contributed by atoms with Crippen molar-refractivity contribution in [3.05, 3.63) is 107 Å². The third kappa shape index (κ3) is 9.44. The number of nitrogens with one attached hydrogen (secondary N) is 2. The number of alkyl halides is 3. The summed E-state index contributed by atoms with van der Waals surface area (Å²) >= 11 is 0. The molecular formula is C35H32F3N5O6. The molecule has 254 valence electrons. The van der Waals surface area contributed by atoms with Gasteiger partial charge in [0.2, 0.25) is 5.95 Å². The molecule has 0 atom stereocenters. The molecule has 14 heteroatoms. The Labute approximate surface area is 278 Å². The summed E-state index contributed by atoms with van der Waals surface area (Å²) < 4.78 is 42.5. The van der Waals surface area contributed by atoms with Gasteiger partial charge in [-0.05, 0) is 47.4 Å². The molecule has 0 radical (unpaired) electrons. The number of benzene rings is 4. The molecule has 5 rings (SSSR count). The van der Waals surface area contributed by atoms with Gasteiger partial charge in [0, 0.05) is 35.7 Å².